The number of aliphatic carboxylic acids is 1. The summed E-state index contributed by atoms with van der Waals surface area (Å²) in [5.74, 6) is -0.902. The van der Waals surface area contributed by atoms with Crippen LogP contribution >= 0.6 is 11.3 Å². The lowest BCUT2D eigenvalue weighted by molar-refractivity contribution is -0.142. The number of benzene rings is 2. The molecular formula is C20H16O3S. The summed E-state index contributed by atoms with van der Waals surface area (Å²) in [6.45, 7) is 0. The number of carboxylic acid groups (broad SMARTS) is 1. The summed E-state index contributed by atoms with van der Waals surface area (Å²) in [5.41, 5.74) is 0.266. The van der Waals surface area contributed by atoms with E-state index >= 15 is 0 Å². The lowest BCUT2D eigenvalue weighted by Gasteiger charge is -2.30. The Morgan fingerprint density at radius 2 is 1.46 bits per heavy atom. The van der Waals surface area contributed by atoms with Gasteiger partial charge in [0.1, 0.15) is 5.41 Å². The number of hydrogen-bond acceptors (Lipinski definition) is 3. The van der Waals surface area contributed by atoms with Gasteiger partial charge in [-0.2, -0.15) is 0 Å². The number of aldehydes is 1. The molecule has 3 rings (SSSR count). The zero-order valence-corrected chi connectivity index (χ0v) is 13.7. The molecule has 0 bridgehead atoms. The number of carbonyl (C=O) groups excluding carboxylic acids is 1. The highest BCUT2D eigenvalue weighted by Crippen LogP contribution is 2.37. The van der Waals surface area contributed by atoms with Gasteiger partial charge >= 0.3 is 5.97 Å². The third-order valence-electron chi connectivity index (χ3n) is 4.14. The van der Waals surface area contributed by atoms with Gasteiger partial charge in [0.2, 0.25) is 0 Å². The molecule has 0 aliphatic carbocycles. The molecule has 0 aliphatic heterocycles. The predicted molar refractivity (Wildman–Crippen MR) is 94.7 cm³/mol. The first-order chi connectivity index (χ1) is 11.7. The fourth-order valence-corrected chi connectivity index (χ4v) is 3.86. The van der Waals surface area contributed by atoms with Crippen LogP contribution in [0.5, 0.6) is 0 Å². The monoisotopic (exact) mass is 336 g/mol. The number of carbonyl (C=O) groups is 2. The minimum Gasteiger partial charge on any atom is -0.480 e. The molecule has 2 aromatic carbocycles. The van der Waals surface area contributed by atoms with E-state index in [0.29, 0.717) is 11.3 Å². The van der Waals surface area contributed by atoms with Gasteiger partial charge in [-0.05, 0) is 23.3 Å². The maximum absolute atomic E-state index is 12.4. The number of hydrogen-bond donors (Lipinski definition) is 1. The third kappa shape index (κ3) is 2.88. The average Bonchev–Trinajstić information content (AvgIpc) is 3.08. The molecule has 0 radical (unpaired) electrons. The summed E-state index contributed by atoms with van der Waals surface area (Å²) in [6.07, 6.45) is 1.09. The van der Waals surface area contributed by atoms with Crippen LogP contribution in [0.2, 0.25) is 0 Å². The normalized spacial score (nSPS) is 11.2. The quantitative estimate of drug-likeness (QED) is 0.687. The fourth-order valence-electron chi connectivity index (χ4n) is 2.95. The van der Waals surface area contributed by atoms with E-state index in [4.69, 9.17) is 0 Å². The Balaban J connectivity index is 2.18. The minimum absolute atomic E-state index is 0.300. The van der Waals surface area contributed by atoms with Gasteiger partial charge in [-0.1, -0.05) is 60.7 Å². The lowest BCUT2D eigenvalue weighted by atomic mass is 9.71. The largest absolute Gasteiger partial charge is 0.480 e. The van der Waals surface area contributed by atoms with E-state index < -0.39 is 11.4 Å². The highest BCUT2D eigenvalue weighted by Gasteiger charge is 2.42. The van der Waals surface area contributed by atoms with Gasteiger partial charge in [0, 0.05) is 11.3 Å². The molecule has 120 valence electrons. The summed E-state index contributed by atoms with van der Waals surface area (Å²) in [6, 6.07) is 22.1. The standard InChI is InChI=1S/C20H16O3S/c21-14-18-12-11-17(24-18)13-20(19(22)23,15-7-3-1-4-8-15)16-9-5-2-6-10-16/h1-12,14H,13H2,(H,22,23). The molecule has 1 aromatic heterocycles. The van der Waals surface area contributed by atoms with Crippen molar-refractivity contribution < 1.29 is 14.7 Å². The van der Waals surface area contributed by atoms with Crippen molar-refractivity contribution in [2.24, 2.45) is 0 Å². The predicted octanol–water partition coefficient (Wildman–Crippen LogP) is 4.17. The van der Waals surface area contributed by atoms with Crippen LogP contribution in [-0.2, 0) is 16.6 Å². The second-order valence-electron chi connectivity index (χ2n) is 5.54. The first-order valence-corrected chi connectivity index (χ1v) is 8.37. The van der Waals surface area contributed by atoms with Gasteiger partial charge in [0.05, 0.1) is 4.88 Å². The van der Waals surface area contributed by atoms with Crippen molar-refractivity contribution >= 4 is 23.6 Å². The molecular weight excluding hydrogens is 320 g/mol. The van der Waals surface area contributed by atoms with E-state index in [1.54, 1.807) is 6.07 Å². The minimum atomic E-state index is -1.19. The van der Waals surface area contributed by atoms with Crippen molar-refractivity contribution in [2.45, 2.75) is 11.8 Å². The molecule has 24 heavy (non-hydrogen) atoms. The molecule has 0 aliphatic rings. The molecule has 0 spiro atoms. The van der Waals surface area contributed by atoms with Crippen LogP contribution in [0.15, 0.2) is 72.8 Å². The second-order valence-corrected chi connectivity index (χ2v) is 6.74. The first-order valence-electron chi connectivity index (χ1n) is 7.55. The van der Waals surface area contributed by atoms with Gasteiger partial charge in [-0.15, -0.1) is 11.3 Å². The first kappa shape index (κ1) is 16.1. The van der Waals surface area contributed by atoms with E-state index in [1.165, 1.54) is 11.3 Å². The van der Waals surface area contributed by atoms with Gasteiger partial charge in [0.25, 0.3) is 0 Å². The van der Waals surface area contributed by atoms with Crippen molar-refractivity contribution in [3.05, 3.63) is 93.7 Å². The van der Waals surface area contributed by atoms with Crippen LogP contribution in [0.25, 0.3) is 0 Å². The van der Waals surface area contributed by atoms with Crippen molar-refractivity contribution in [3.8, 4) is 0 Å². The molecule has 0 amide bonds. The molecule has 4 heteroatoms. The molecule has 3 nitrogen and oxygen atoms in total. The molecule has 0 saturated carbocycles. The second kappa shape index (κ2) is 6.81. The molecule has 0 atom stereocenters. The lowest BCUT2D eigenvalue weighted by Crippen LogP contribution is -2.39. The van der Waals surface area contributed by atoms with Crippen molar-refractivity contribution in [1.82, 2.24) is 0 Å². The number of carboxylic acids is 1. The maximum Gasteiger partial charge on any atom is 0.319 e. The van der Waals surface area contributed by atoms with Crippen LogP contribution in [0, 0.1) is 0 Å². The Kier molecular flexibility index (Phi) is 4.58. The van der Waals surface area contributed by atoms with Crippen LogP contribution in [-0.4, -0.2) is 17.4 Å². The van der Waals surface area contributed by atoms with Gasteiger partial charge in [0.15, 0.2) is 6.29 Å². The molecule has 1 N–H and O–H groups in total. The summed E-state index contributed by atoms with van der Waals surface area (Å²) in [4.78, 5) is 24.9. The van der Waals surface area contributed by atoms with Crippen LogP contribution < -0.4 is 0 Å². The molecule has 1 heterocycles. The molecule has 0 saturated heterocycles. The van der Waals surface area contributed by atoms with Crippen LogP contribution in [0.4, 0.5) is 0 Å². The Bertz CT molecular complexity index is 798. The van der Waals surface area contributed by atoms with Crippen LogP contribution in [0.3, 0.4) is 0 Å². The van der Waals surface area contributed by atoms with Crippen LogP contribution in [0.1, 0.15) is 25.7 Å². The number of thiophene rings is 1. The van der Waals surface area contributed by atoms with Gasteiger partial charge in [-0.3, -0.25) is 9.59 Å². The summed E-state index contributed by atoms with van der Waals surface area (Å²) in [7, 11) is 0. The third-order valence-corrected chi connectivity index (χ3v) is 5.15. The van der Waals surface area contributed by atoms with E-state index in [9.17, 15) is 14.7 Å². The van der Waals surface area contributed by atoms with E-state index in [1.807, 2.05) is 66.7 Å². The smallest absolute Gasteiger partial charge is 0.319 e. The topological polar surface area (TPSA) is 54.4 Å². The highest BCUT2D eigenvalue weighted by atomic mass is 32.1. The highest BCUT2D eigenvalue weighted by molar-refractivity contribution is 7.13. The summed E-state index contributed by atoms with van der Waals surface area (Å²) in [5, 5.41) is 10.2. The Morgan fingerprint density at radius 3 is 1.88 bits per heavy atom. The van der Waals surface area contributed by atoms with Crippen molar-refractivity contribution in [3.63, 3.8) is 0 Å². The summed E-state index contributed by atoms with van der Waals surface area (Å²) < 4.78 is 0. The Labute approximate surface area is 144 Å². The zero-order chi connectivity index (χ0) is 17.0. The summed E-state index contributed by atoms with van der Waals surface area (Å²) >= 11 is 1.34. The zero-order valence-electron chi connectivity index (χ0n) is 12.9. The van der Waals surface area contributed by atoms with E-state index in [0.717, 1.165) is 22.3 Å². The fraction of sp³-hybridized carbons (Fsp3) is 0.100. The maximum atomic E-state index is 12.4. The van der Waals surface area contributed by atoms with E-state index in [-0.39, 0.29) is 0 Å². The molecule has 0 unspecified atom stereocenters. The SMILES string of the molecule is O=Cc1ccc(CC(C(=O)O)(c2ccccc2)c2ccccc2)s1. The average molecular weight is 336 g/mol. The van der Waals surface area contributed by atoms with Crippen molar-refractivity contribution in [2.75, 3.05) is 0 Å². The Hall–Kier alpha value is -2.72. The van der Waals surface area contributed by atoms with Gasteiger partial charge < -0.3 is 5.11 Å². The van der Waals surface area contributed by atoms with E-state index in [2.05, 4.69) is 0 Å². The molecule has 3 aromatic rings. The van der Waals surface area contributed by atoms with Crippen molar-refractivity contribution in [1.29, 1.82) is 0 Å². The van der Waals surface area contributed by atoms with Gasteiger partial charge in [-0.25, -0.2) is 0 Å². The number of rotatable bonds is 6. The Morgan fingerprint density at radius 1 is 0.917 bits per heavy atom. The molecule has 0 fully saturated rings.